The molecule has 0 bridgehead atoms. The Morgan fingerprint density at radius 1 is 0.840 bits per heavy atom. The molecule has 0 aromatic heterocycles. The Hall–Kier alpha value is -3.30. The number of nitriles is 1. The summed E-state index contributed by atoms with van der Waals surface area (Å²) in [7, 11) is -3.79. The van der Waals surface area contributed by atoms with Gasteiger partial charge in [-0.15, -0.1) is 0 Å². The van der Waals surface area contributed by atoms with Crippen molar-refractivity contribution in [1.82, 2.24) is 0 Å². The Balaban J connectivity index is 1.88. The highest BCUT2D eigenvalue weighted by atomic mass is 32.2. The molecule has 3 rings (SSSR count). The van der Waals surface area contributed by atoms with Crippen LogP contribution < -0.4 is 9.46 Å². The van der Waals surface area contributed by atoms with Crippen molar-refractivity contribution >= 4 is 15.7 Å². The number of nitrogens with zero attached hydrogens (tertiary/aromatic N) is 1. The van der Waals surface area contributed by atoms with Crippen LogP contribution in [-0.4, -0.2) is 8.42 Å². The molecule has 124 valence electrons. The van der Waals surface area contributed by atoms with E-state index in [2.05, 4.69) is 4.72 Å². The van der Waals surface area contributed by atoms with Gasteiger partial charge < -0.3 is 4.74 Å². The Morgan fingerprint density at radius 2 is 1.48 bits per heavy atom. The van der Waals surface area contributed by atoms with Crippen LogP contribution in [0.25, 0.3) is 0 Å². The summed E-state index contributed by atoms with van der Waals surface area (Å²) in [4.78, 5) is 0.0704. The first-order valence-electron chi connectivity index (χ1n) is 7.43. The standard InChI is InChI=1S/C19H14N2O3S/c20-14-15-10-12-17(13-11-15)25(22,23)21-18-8-4-5-9-19(18)24-16-6-2-1-3-7-16/h1-13,21H. The maximum absolute atomic E-state index is 12.6. The predicted octanol–water partition coefficient (Wildman–Crippen LogP) is 4.15. The molecule has 0 unspecified atom stereocenters. The largest absolute Gasteiger partial charge is 0.455 e. The third-order valence-electron chi connectivity index (χ3n) is 3.40. The second kappa shape index (κ2) is 7.07. The topological polar surface area (TPSA) is 79.2 Å². The van der Waals surface area contributed by atoms with Gasteiger partial charge in [0.25, 0.3) is 10.0 Å². The molecule has 3 aromatic rings. The molecule has 6 heteroatoms. The van der Waals surface area contributed by atoms with Crippen LogP contribution in [0.1, 0.15) is 5.56 Å². The summed E-state index contributed by atoms with van der Waals surface area (Å²) < 4.78 is 33.4. The van der Waals surface area contributed by atoms with Crippen LogP contribution in [0, 0.1) is 11.3 Å². The van der Waals surface area contributed by atoms with Gasteiger partial charge in [-0.2, -0.15) is 5.26 Å². The molecule has 0 aliphatic carbocycles. The highest BCUT2D eigenvalue weighted by Gasteiger charge is 2.16. The first kappa shape index (κ1) is 16.6. The lowest BCUT2D eigenvalue weighted by molar-refractivity contribution is 0.485. The van der Waals surface area contributed by atoms with E-state index in [9.17, 15) is 8.42 Å². The van der Waals surface area contributed by atoms with Gasteiger partial charge >= 0.3 is 0 Å². The first-order valence-corrected chi connectivity index (χ1v) is 8.92. The molecule has 0 saturated carbocycles. The number of hydrogen-bond acceptors (Lipinski definition) is 4. The van der Waals surface area contributed by atoms with E-state index in [-0.39, 0.29) is 4.90 Å². The van der Waals surface area contributed by atoms with Gasteiger partial charge in [-0.1, -0.05) is 30.3 Å². The van der Waals surface area contributed by atoms with Crippen molar-refractivity contribution in [2.24, 2.45) is 0 Å². The Labute approximate surface area is 146 Å². The average molecular weight is 350 g/mol. The van der Waals surface area contributed by atoms with Gasteiger partial charge in [-0.05, 0) is 48.5 Å². The molecule has 1 N–H and O–H groups in total. The molecule has 0 atom stereocenters. The maximum Gasteiger partial charge on any atom is 0.262 e. The van der Waals surface area contributed by atoms with Crippen LogP contribution in [0.2, 0.25) is 0 Å². The number of rotatable bonds is 5. The van der Waals surface area contributed by atoms with E-state index in [0.29, 0.717) is 22.7 Å². The summed E-state index contributed by atoms with van der Waals surface area (Å²) in [6.07, 6.45) is 0. The number of anilines is 1. The summed E-state index contributed by atoms with van der Waals surface area (Å²) >= 11 is 0. The number of benzene rings is 3. The fourth-order valence-corrected chi connectivity index (χ4v) is 3.24. The summed E-state index contributed by atoms with van der Waals surface area (Å²) in [6, 6.07) is 23.5. The summed E-state index contributed by atoms with van der Waals surface area (Å²) in [5.74, 6) is 0.999. The number of para-hydroxylation sites is 3. The SMILES string of the molecule is N#Cc1ccc(S(=O)(=O)Nc2ccccc2Oc2ccccc2)cc1. The highest BCUT2D eigenvalue weighted by molar-refractivity contribution is 7.92. The Kier molecular flexibility index (Phi) is 4.68. The second-order valence-electron chi connectivity index (χ2n) is 5.15. The van der Waals surface area contributed by atoms with Crippen molar-refractivity contribution in [2.45, 2.75) is 4.90 Å². The van der Waals surface area contributed by atoms with Gasteiger partial charge in [0.2, 0.25) is 0 Å². The van der Waals surface area contributed by atoms with E-state index in [1.807, 2.05) is 24.3 Å². The molecule has 3 aromatic carbocycles. The maximum atomic E-state index is 12.6. The highest BCUT2D eigenvalue weighted by Crippen LogP contribution is 2.30. The van der Waals surface area contributed by atoms with Crippen LogP contribution in [0.3, 0.4) is 0 Å². The van der Waals surface area contributed by atoms with Crippen LogP contribution in [0.5, 0.6) is 11.5 Å². The molecule has 0 saturated heterocycles. The van der Waals surface area contributed by atoms with Gasteiger partial charge in [-0.25, -0.2) is 8.42 Å². The number of nitrogens with one attached hydrogen (secondary N) is 1. The molecular formula is C19H14N2O3S. The second-order valence-corrected chi connectivity index (χ2v) is 6.84. The molecule has 0 spiro atoms. The van der Waals surface area contributed by atoms with Crippen molar-refractivity contribution in [1.29, 1.82) is 5.26 Å². The lowest BCUT2D eigenvalue weighted by Gasteiger charge is -2.13. The molecule has 0 aliphatic heterocycles. The van der Waals surface area contributed by atoms with Crippen molar-refractivity contribution in [3.63, 3.8) is 0 Å². The lowest BCUT2D eigenvalue weighted by Crippen LogP contribution is -2.13. The zero-order chi connectivity index (χ0) is 17.7. The monoisotopic (exact) mass is 350 g/mol. The van der Waals surface area contributed by atoms with E-state index in [1.165, 1.54) is 24.3 Å². The third kappa shape index (κ3) is 3.97. The summed E-state index contributed by atoms with van der Waals surface area (Å²) in [6.45, 7) is 0. The third-order valence-corrected chi connectivity index (χ3v) is 4.78. The summed E-state index contributed by atoms with van der Waals surface area (Å²) in [5.41, 5.74) is 0.725. The minimum Gasteiger partial charge on any atom is -0.455 e. The average Bonchev–Trinajstić information content (AvgIpc) is 2.64. The van der Waals surface area contributed by atoms with Crippen molar-refractivity contribution in [3.8, 4) is 17.6 Å². The van der Waals surface area contributed by atoms with Crippen molar-refractivity contribution < 1.29 is 13.2 Å². The van der Waals surface area contributed by atoms with Crippen molar-refractivity contribution in [3.05, 3.63) is 84.4 Å². The lowest BCUT2D eigenvalue weighted by atomic mass is 10.2. The van der Waals surface area contributed by atoms with E-state index in [1.54, 1.807) is 36.4 Å². The molecule has 0 heterocycles. The first-order chi connectivity index (χ1) is 12.1. The van der Waals surface area contributed by atoms with Gasteiger partial charge in [0.1, 0.15) is 5.75 Å². The molecule has 25 heavy (non-hydrogen) atoms. The minimum absolute atomic E-state index is 0.0704. The quantitative estimate of drug-likeness (QED) is 0.749. The smallest absolute Gasteiger partial charge is 0.262 e. The molecular weight excluding hydrogens is 336 g/mol. The number of ether oxygens (including phenoxy) is 1. The molecule has 0 fully saturated rings. The van der Waals surface area contributed by atoms with E-state index < -0.39 is 10.0 Å². The number of hydrogen-bond donors (Lipinski definition) is 1. The fourth-order valence-electron chi connectivity index (χ4n) is 2.17. The van der Waals surface area contributed by atoms with Crippen molar-refractivity contribution in [2.75, 3.05) is 4.72 Å². The zero-order valence-corrected chi connectivity index (χ0v) is 13.9. The zero-order valence-electron chi connectivity index (χ0n) is 13.1. The van der Waals surface area contributed by atoms with Crippen LogP contribution in [0.4, 0.5) is 5.69 Å². The van der Waals surface area contributed by atoms with Gasteiger partial charge in [-0.3, -0.25) is 4.72 Å². The molecule has 0 aliphatic rings. The van der Waals surface area contributed by atoms with Gasteiger partial charge in [0.15, 0.2) is 5.75 Å². The molecule has 5 nitrogen and oxygen atoms in total. The summed E-state index contributed by atoms with van der Waals surface area (Å²) in [5, 5.41) is 8.81. The normalized spacial score (nSPS) is 10.7. The van der Waals surface area contributed by atoms with E-state index >= 15 is 0 Å². The predicted molar refractivity (Wildman–Crippen MR) is 94.9 cm³/mol. The van der Waals surface area contributed by atoms with Crippen LogP contribution >= 0.6 is 0 Å². The van der Waals surface area contributed by atoms with Gasteiger partial charge in [0.05, 0.1) is 22.2 Å². The molecule has 0 amide bonds. The van der Waals surface area contributed by atoms with Gasteiger partial charge in [0, 0.05) is 0 Å². The fraction of sp³-hybridized carbons (Fsp3) is 0. The van der Waals surface area contributed by atoms with E-state index in [4.69, 9.17) is 10.00 Å². The van der Waals surface area contributed by atoms with Crippen LogP contribution in [-0.2, 0) is 10.0 Å². The van der Waals surface area contributed by atoms with Crippen LogP contribution in [0.15, 0.2) is 83.8 Å². The van der Waals surface area contributed by atoms with E-state index in [0.717, 1.165) is 0 Å². The Bertz CT molecular complexity index is 1010. The Morgan fingerprint density at radius 3 is 2.16 bits per heavy atom. The molecule has 0 radical (unpaired) electrons. The minimum atomic E-state index is -3.79. The number of sulfonamides is 1.